The first-order chi connectivity index (χ1) is 22.8. The van der Waals surface area contributed by atoms with Gasteiger partial charge >= 0.3 is 6.01 Å². The van der Waals surface area contributed by atoms with E-state index < -0.39 is 23.3 Å². The minimum Gasteiger partial charge on any atom is -0.508 e. The van der Waals surface area contributed by atoms with Crippen LogP contribution in [-0.4, -0.2) is 79.4 Å². The molecule has 9 nitrogen and oxygen atoms in total. The number of terminal acetylenes is 1. The van der Waals surface area contributed by atoms with Crippen LogP contribution in [-0.2, 0) is 4.74 Å². The first-order valence-corrected chi connectivity index (χ1v) is 15.8. The molecule has 3 aliphatic rings. The number of pyridine rings is 1. The lowest BCUT2D eigenvalue weighted by molar-refractivity contribution is 0.0662. The summed E-state index contributed by atoms with van der Waals surface area (Å²) in [5.41, 5.74) is 0.298. The van der Waals surface area contributed by atoms with Gasteiger partial charge in [-0.15, -0.1) is 6.42 Å². The van der Waals surface area contributed by atoms with Crippen LogP contribution in [0.25, 0.3) is 44.2 Å². The monoisotopic (exact) mass is 640 g/mol. The van der Waals surface area contributed by atoms with Gasteiger partial charge in [0, 0.05) is 60.5 Å². The molecule has 3 aromatic heterocycles. The Labute approximate surface area is 268 Å². The summed E-state index contributed by atoms with van der Waals surface area (Å²) in [5, 5.41) is 16.1. The molecule has 6 heterocycles. The van der Waals surface area contributed by atoms with Crippen molar-refractivity contribution in [2.75, 3.05) is 32.9 Å². The maximum Gasteiger partial charge on any atom is 0.317 e. The Balaban J connectivity index is 1.28. The molecule has 0 amide bonds. The summed E-state index contributed by atoms with van der Waals surface area (Å²) < 4.78 is 59.7. The molecule has 8 rings (SSSR count). The number of aromatic nitrogens is 5. The number of phenols is 1. The van der Waals surface area contributed by atoms with Gasteiger partial charge in [0.1, 0.15) is 35.6 Å². The second-order valence-corrected chi connectivity index (χ2v) is 12.6. The number of phenolic OH excluding ortho intramolecular Hbond substituents is 1. The molecular formula is C35H31F3N6O3. The topological polar surface area (TPSA) is 98.4 Å². The molecule has 12 heteroatoms. The molecule has 0 spiro atoms. The number of hydrogen-bond acceptors (Lipinski definition) is 8. The minimum atomic E-state index is -0.941. The van der Waals surface area contributed by atoms with E-state index >= 15 is 4.39 Å². The van der Waals surface area contributed by atoms with Gasteiger partial charge in [-0.1, -0.05) is 12.0 Å². The zero-order valence-corrected chi connectivity index (χ0v) is 25.4. The van der Waals surface area contributed by atoms with Gasteiger partial charge in [0.25, 0.3) is 0 Å². The Kier molecular flexibility index (Phi) is 7.26. The number of rotatable bonds is 6. The van der Waals surface area contributed by atoms with Gasteiger partial charge in [-0.25, -0.2) is 13.2 Å². The molecule has 5 aromatic rings. The van der Waals surface area contributed by atoms with Crippen molar-refractivity contribution < 1.29 is 27.8 Å². The first kappa shape index (κ1) is 29.7. The number of ether oxygens (including phenoxy) is 2. The van der Waals surface area contributed by atoms with Crippen LogP contribution in [0, 0.1) is 24.0 Å². The molecule has 47 heavy (non-hydrogen) atoms. The highest BCUT2D eigenvalue weighted by atomic mass is 19.1. The van der Waals surface area contributed by atoms with E-state index in [4.69, 9.17) is 20.9 Å². The molecule has 3 aliphatic heterocycles. The number of alkyl halides is 1. The minimum absolute atomic E-state index is 0.0676. The van der Waals surface area contributed by atoms with Crippen LogP contribution in [0.4, 0.5) is 13.2 Å². The maximum atomic E-state index is 16.8. The standard InChI is InChI=1S/C35H31F3N6O3/c1-2-25-28(37)5-4-20-12-24(45)13-26(29(20)25)32-30(38)33-27(16-39-32)31(21-15-40-44(17-21)23-6-10-46-11-7-23)41-34(42-33)47-19-35-8-3-9-43(35)18-22(36)14-35/h1,4-5,12-13,15-17,22-23,45H,3,6-11,14,18-19H2/t22-,35+/m1/s1. The molecule has 1 N–H and O–H groups in total. The third-order valence-electron chi connectivity index (χ3n) is 9.79. The summed E-state index contributed by atoms with van der Waals surface area (Å²) in [5.74, 6) is 0.713. The van der Waals surface area contributed by atoms with Gasteiger partial charge in [-0.3, -0.25) is 14.6 Å². The molecular weight excluding hydrogens is 609 g/mol. The van der Waals surface area contributed by atoms with Crippen molar-refractivity contribution in [3.63, 3.8) is 0 Å². The van der Waals surface area contributed by atoms with Gasteiger partial charge in [0.15, 0.2) is 5.82 Å². The second kappa shape index (κ2) is 11.5. The molecule has 2 aromatic carbocycles. The average Bonchev–Trinajstić information content (AvgIpc) is 3.79. The quantitative estimate of drug-likeness (QED) is 0.227. The predicted molar refractivity (Wildman–Crippen MR) is 169 cm³/mol. The van der Waals surface area contributed by atoms with Crippen molar-refractivity contribution in [2.24, 2.45) is 0 Å². The summed E-state index contributed by atoms with van der Waals surface area (Å²) in [6.07, 6.45) is 13.4. The third kappa shape index (κ3) is 5.05. The lowest BCUT2D eigenvalue weighted by Gasteiger charge is -2.30. The van der Waals surface area contributed by atoms with Crippen molar-refractivity contribution in [3.8, 4) is 46.6 Å². The Bertz CT molecular complexity index is 2070. The lowest BCUT2D eigenvalue weighted by atomic mass is 9.95. The normalized spacial score (nSPS) is 21.8. The SMILES string of the molecule is C#Cc1c(F)ccc2cc(O)cc(-c3ncc4c(-c5cnn(C6CCOCC6)c5)nc(OC[C@@]56CCCN5C[C@H](F)C6)nc4c3F)c12. The van der Waals surface area contributed by atoms with Crippen molar-refractivity contribution in [1.82, 2.24) is 29.6 Å². The van der Waals surface area contributed by atoms with Crippen molar-refractivity contribution >= 4 is 21.7 Å². The number of fused-ring (bicyclic) bond motifs is 3. The Morgan fingerprint density at radius 1 is 1.13 bits per heavy atom. The van der Waals surface area contributed by atoms with Crippen molar-refractivity contribution in [1.29, 1.82) is 0 Å². The summed E-state index contributed by atoms with van der Waals surface area (Å²) in [7, 11) is 0. The van der Waals surface area contributed by atoms with E-state index in [-0.39, 0.29) is 52.1 Å². The highest BCUT2D eigenvalue weighted by Crippen LogP contribution is 2.42. The van der Waals surface area contributed by atoms with Crippen LogP contribution in [0.5, 0.6) is 11.8 Å². The molecule has 2 atom stereocenters. The Morgan fingerprint density at radius 3 is 2.81 bits per heavy atom. The highest BCUT2D eigenvalue weighted by molar-refractivity contribution is 6.03. The molecule has 0 saturated carbocycles. The second-order valence-electron chi connectivity index (χ2n) is 12.6. The maximum absolute atomic E-state index is 16.8. The summed E-state index contributed by atoms with van der Waals surface area (Å²) in [6.45, 7) is 2.59. The largest absolute Gasteiger partial charge is 0.508 e. The number of aromatic hydroxyl groups is 1. The van der Waals surface area contributed by atoms with Crippen LogP contribution in [0.15, 0.2) is 42.9 Å². The summed E-state index contributed by atoms with van der Waals surface area (Å²) in [4.78, 5) is 15.8. The molecule has 3 fully saturated rings. The van der Waals surface area contributed by atoms with E-state index in [2.05, 4.69) is 25.9 Å². The zero-order chi connectivity index (χ0) is 32.3. The van der Waals surface area contributed by atoms with E-state index in [1.807, 2.05) is 10.9 Å². The Morgan fingerprint density at radius 2 is 1.98 bits per heavy atom. The first-order valence-electron chi connectivity index (χ1n) is 15.8. The van der Waals surface area contributed by atoms with Gasteiger partial charge in [0.05, 0.1) is 29.0 Å². The molecule has 240 valence electrons. The van der Waals surface area contributed by atoms with E-state index in [0.29, 0.717) is 48.2 Å². The van der Waals surface area contributed by atoms with Gasteiger partial charge in [-0.05, 0) is 55.8 Å². The average molecular weight is 641 g/mol. The number of benzene rings is 2. The summed E-state index contributed by atoms with van der Waals surface area (Å²) >= 11 is 0. The zero-order valence-electron chi connectivity index (χ0n) is 25.4. The van der Waals surface area contributed by atoms with Crippen LogP contribution in [0.1, 0.15) is 43.7 Å². The molecule has 0 aliphatic carbocycles. The predicted octanol–water partition coefficient (Wildman–Crippen LogP) is 5.98. The van der Waals surface area contributed by atoms with Crippen LogP contribution < -0.4 is 4.74 Å². The fourth-order valence-corrected chi connectivity index (χ4v) is 7.52. The van der Waals surface area contributed by atoms with Crippen LogP contribution in [0.3, 0.4) is 0 Å². The van der Waals surface area contributed by atoms with Crippen molar-refractivity contribution in [3.05, 3.63) is 60.1 Å². The van der Waals surface area contributed by atoms with E-state index in [1.165, 1.54) is 30.5 Å². The summed E-state index contributed by atoms with van der Waals surface area (Å²) in [6, 6.07) is 5.48. The van der Waals surface area contributed by atoms with Crippen LogP contribution >= 0.6 is 0 Å². The third-order valence-corrected chi connectivity index (χ3v) is 9.79. The van der Waals surface area contributed by atoms with Crippen molar-refractivity contribution in [2.45, 2.75) is 49.9 Å². The fourth-order valence-electron chi connectivity index (χ4n) is 7.52. The number of nitrogens with zero attached hydrogens (tertiary/aromatic N) is 6. The van der Waals surface area contributed by atoms with Crippen LogP contribution in [0.2, 0.25) is 0 Å². The van der Waals surface area contributed by atoms with E-state index in [9.17, 15) is 13.9 Å². The molecule has 0 radical (unpaired) electrons. The van der Waals surface area contributed by atoms with E-state index in [0.717, 1.165) is 32.2 Å². The molecule has 3 saturated heterocycles. The number of halogens is 3. The smallest absolute Gasteiger partial charge is 0.317 e. The Hall–Kier alpha value is -4.73. The van der Waals surface area contributed by atoms with Gasteiger partial charge in [-0.2, -0.15) is 15.1 Å². The highest BCUT2D eigenvalue weighted by Gasteiger charge is 2.49. The van der Waals surface area contributed by atoms with Gasteiger partial charge in [0.2, 0.25) is 0 Å². The van der Waals surface area contributed by atoms with Gasteiger partial charge < -0.3 is 14.6 Å². The lowest BCUT2D eigenvalue weighted by Crippen LogP contribution is -2.43. The van der Waals surface area contributed by atoms with E-state index in [1.54, 1.807) is 6.20 Å². The number of hydrogen-bond donors (Lipinski definition) is 1. The molecule has 0 unspecified atom stereocenters. The fraction of sp³-hybridized carbons (Fsp3) is 0.371. The molecule has 0 bridgehead atoms.